The highest BCUT2D eigenvalue weighted by atomic mass is 16.6. The van der Waals surface area contributed by atoms with E-state index in [-0.39, 0.29) is 35.3 Å². The van der Waals surface area contributed by atoms with Crippen molar-refractivity contribution < 1.29 is 23.5 Å². The molecular formula is C15H22O5. The first kappa shape index (κ1) is 16.3. The predicted octanol–water partition coefficient (Wildman–Crippen LogP) is 3.49. The lowest BCUT2D eigenvalue weighted by Gasteiger charge is -2.08. The van der Waals surface area contributed by atoms with E-state index in [0.29, 0.717) is 18.6 Å². The van der Waals surface area contributed by atoms with Gasteiger partial charge in [0.1, 0.15) is 12.0 Å². The molecule has 1 rings (SSSR count). The maximum atomic E-state index is 11.7. The van der Waals surface area contributed by atoms with Crippen LogP contribution in [-0.4, -0.2) is 11.9 Å². The van der Waals surface area contributed by atoms with Crippen LogP contribution in [-0.2, 0) is 9.59 Å². The first-order valence-electron chi connectivity index (χ1n) is 6.79. The lowest BCUT2D eigenvalue weighted by molar-refractivity contribution is -0.138. The fourth-order valence-electron chi connectivity index (χ4n) is 1.60. The van der Waals surface area contributed by atoms with Gasteiger partial charge in [-0.25, -0.2) is 0 Å². The fourth-order valence-corrected chi connectivity index (χ4v) is 1.60. The summed E-state index contributed by atoms with van der Waals surface area (Å²) in [7, 11) is 0. The van der Waals surface area contributed by atoms with Gasteiger partial charge in [-0.3, -0.25) is 9.59 Å². The Hall–Kier alpha value is -1.78. The molecule has 0 fully saturated rings. The molecular weight excluding hydrogens is 260 g/mol. The van der Waals surface area contributed by atoms with Gasteiger partial charge in [0.15, 0.2) is 0 Å². The molecule has 0 spiro atoms. The SMILES string of the molecule is Cc1occ(OC(=O)CC(C)C)c1OC(=O)CC(C)C. The van der Waals surface area contributed by atoms with E-state index in [2.05, 4.69) is 0 Å². The number of esters is 2. The Morgan fingerprint density at radius 2 is 1.55 bits per heavy atom. The first-order valence-corrected chi connectivity index (χ1v) is 6.79. The smallest absolute Gasteiger partial charge is 0.311 e. The van der Waals surface area contributed by atoms with E-state index in [4.69, 9.17) is 13.9 Å². The van der Waals surface area contributed by atoms with Gasteiger partial charge in [0.2, 0.25) is 11.5 Å². The van der Waals surface area contributed by atoms with Crippen molar-refractivity contribution in [3.8, 4) is 11.5 Å². The number of carbonyl (C=O) groups excluding carboxylic acids is 2. The minimum absolute atomic E-state index is 0.158. The van der Waals surface area contributed by atoms with Crippen molar-refractivity contribution in [2.75, 3.05) is 0 Å². The minimum Gasteiger partial charge on any atom is -0.462 e. The second kappa shape index (κ2) is 7.12. The number of hydrogen-bond acceptors (Lipinski definition) is 5. The van der Waals surface area contributed by atoms with E-state index < -0.39 is 0 Å². The van der Waals surface area contributed by atoms with Crippen molar-refractivity contribution in [3.63, 3.8) is 0 Å². The van der Waals surface area contributed by atoms with E-state index >= 15 is 0 Å². The largest absolute Gasteiger partial charge is 0.462 e. The summed E-state index contributed by atoms with van der Waals surface area (Å²) in [6.07, 6.45) is 1.87. The predicted molar refractivity (Wildman–Crippen MR) is 73.6 cm³/mol. The van der Waals surface area contributed by atoms with E-state index in [9.17, 15) is 9.59 Å². The molecule has 0 radical (unpaired) electrons. The van der Waals surface area contributed by atoms with Gasteiger partial charge in [0, 0.05) is 12.8 Å². The van der Waals surface area contributed by atoms with Gasteiger partial charge in [0.25, 0.3) is 0 Å². The monoisotopic (exact) mass is 282 g/mol. The molecule has 0 N–H and O–H groups in total. The van der Waals surface area contributed by atoms with Gasteiger partial charge in [-0.2, -0.15) is 0 Å². The van der Waals surface area contributed by atoms with Gasteiger partial charge in [-0.1, -0.05) is 27.7 Å². The molecule has 0 aliphatic heterocycles. The van der Waals surface area contributed by atoms with Crippen LogP contribution in [0.1, 0.15) is 46.3 Å². The van der Waals surface area contributed by atoms with Crippen LogP contribution in [0.4, 0.5) is 0 Å². The molecule has 0 amide bonds. The van der Waals surface area contributed by atoms with Crippen LogP contribution in [0.25, 0.3) is 0 Å². The maximum Gasteiger partial charge on any atom is 0.311 e. The van der Waals surface area contributed by atoms with Gasteiger partial charge in [0.05, 0.1) is 0 Å². The number of aryl methyl sites for hydroxylation is 1. The molecule has 0 aliphatic rings. The molecule has 5 nitrogen and oxygen atoms in total. The Labute approximate surface area is 119 Å². The molecule has 112 valence electrons. The van der Waals surface area contributed by atoms with E-state index in [1.165, 1.54) is 6.26 Å². The minimum atomic E-state index is -0.373. The summed E-state index contributed by atoms with van der Waals surface area (Å²) in [6.45, 7) is 9.34. The third kappa shape index (κ3) is 5.07. The van der Waals surface area contributed by atoms with Gasteiger partial charge in [-0.05, 0) is 18.8 Å². The van der Waals surface area contributed by atoms with Crippen LogP contribution in [0.5, 0.6) is 11.5 Å². The molecule has 20 heavy (non-hydrogen) atoms. The lowest BCUT2D eigenvalue weighted by atomic mass is 10.1. The zero-order valence-electron chi connectivity index (χ0n) is 12.7. The van der Waals surface area contributed by atoms with Crippen LogP contribution in [0, 0.1) is 18.8 Å². The Balaban J connectivity index is 2.74. The molecule has 0 unspecified atom stereocenters. The maximum absolute atomic E-state index is 11.7. The van der Waals surface area contributed by atoms with Crippen molar-refractivity contribution in [2.45, 2.75) is 47.5 Å². The molecule has 1 aromatic heterocycles. The quantitative estimate of drug-likeness (QED) is 0.747. The topological polar surface area (TPSA) is 65.7 Å². The number of furan rings is 1. The molecule has 1 heterocycles. The molecule has 0 aliphatic carbocycles. The first-order chi connectivity index (χ1) is 9.29. The highest BCUT2D eigenvalue weighted by Gasteiger charge is 2.20. The third-order valence-electron chi connectivity index (χ3n) is 2.48. The Kier molecular flexibility index (Phi) is 5.80. The zero-order chi connectivity index (χ0) is 15.3. The molecule has 0 bridgehead atoms. The summed E-state index contributed by atoms with van der Waals surface area (Å²) in [5.74, 6) is 0.407. The van der Waals surface area contributed by atoms with Gasteiger partial charge < -0.3 is 13.9 Å². The van der Waals surface area contributed by atoms with Crippen molar-refractivity contribution in [1.82, 2.24) is 0 Å². The molecule has 1 aromatic rings. The second-order valence-corrected chi connectivity index (χ2v) is 5.63. The lowest BCUT2D eigenvalue weighted by Crippen LogP contribution is -2.14. The Morgan fingerprint density at radius 3 is 2.05 bits per heavy atom. The van der Waals surface area contributed by atoms with E-state index in [1.807, 2.05) is 27.7 Å². The highest BCUT2D eigenvalue weighted by Crippen LogP contribution is 2.34. The van der Waals surface area contributed by atoms with Gasteiger partial charge in [-0.15, -0.1) is 0 Å². The fraction of sp³-hybridized carbons (Fsp3) is 0.600. The summed E-state index contributed by atoms with van der Waals surface area (Å²) in [4.78, 5) is 23.3. The number of rotatable bonds is 6. The summed E-state index contributed by atoms with van der Waals surface area (Å²) in [5, 5.41) is 0. The molecule has 0 saturated heterocycles. The number of ether oxygens (including phenoxy) is 2. The Morgan fingerprint density at radius 1 is 1.05 bits per heavy atom. The summed E-state index contributed by atoms with van der Waals surface area (Å²) in [6, 6.07) is 0. The molecule has 0 saturated carbocycles. The van der Waals surface area contributed by atoms with Crippen molar-refractivity contribution in [2.24, 2.45) is 11.8 Å². The summed E-state index contributed by atoms with van der Waals surface area (Å²) in [5.41, 5.74) is 0. The van der Waals surface area contributed by atoms with Gasteiger partial charge >= 0.3 is 11.9 Å². The molecule has 0 aromatic carbocycles. The van der Waals surface area contributed by atoms with Crippen molar-refractivity contribution >= 4 is 11.9 Å². The molecule has 5 heteroatoms. The van der Waals surface area contributed by atoms with Crippen molar-refractivity contribution in [3.05, 3.63) is 12.0 Å². The van der Waals surface area contributed by atoms with Crippen molar-refractivity contribution in [1.29, 1.82) is 0 Å². The second-order valence-electron chi connectivity index (χ2n) is 5.63. The zero-order valence-corrected chi connectivity index (χ0v) is 12.7. The van der Waals surface area contributed by atoms with Crippen LogP contribution in [0.3, 0.4) is 0 Å². The van der Waals surface area contributed by atoms with Crippen LogP contribution in [0.15, 0.2) is 10.7 Å². The Bertz CT molecular complexity index is 471. The van der Waals surface area contributed by atoms with Crippen LogP contribution < -0.4 is 9.47 Å². The summed E-state index contributed by atoms with van der Waals surface area (Å²) < 4.78 is 15.5. The summed E-state index contributed by atoms with van der Waals surface area (Å²) >= 11 is 0. The average Bonchev–Trinajstić information content (AvgIpc) is 2.59. The third-order valence-corrected chi connectivity index (χ3v) is 2.48. The van der Waals surface area contributed by atoms with Crippen LogP contribution >= 0.6 is 0 Å². The van der Waals surface area contributed by atoms with E-state index in [0.717, 1.165) is 0 Å². The highest BCUT2D eigenvalue weighted by molar-refractivity contribution is 5.76. The molecule has 0 atom stereocenters. The number of carbonyl (C=O) groups is 2. The standard InChI is InChI=1S/C15H22O5/c1-9(2)6-13(16)19-12-8-18-11(5)15(12)20-14(17)7-10(3)4/h8-10H,6-7H2,1-5H3. The van der Waals surface area contributed by atoms with E-state index in [1.54, 1.807) is 6.92 Å². The number of hydrogen-bond donors (Lipinski definition) is 0. The normalized spacial score (nSPS) is 10.9. The van der Waals surface area contributed by atoms with Crippen LogP contribution in [0.2, 0.25) is 0 Å². The average molecular weight is 282 g/mol.